The number of benzene rings is 1. The van der Waals surface area contributed by atoms with Crippen molar-refractivity contribution in [3.8, 4) is 5.75 Å². The maximum Gasteiger partial charge on any atom is 0.191 e. The van der Waals surface area contributed by atoms with Crippen LogP contribution in [0.5, 0.6) is 5.75 Å². The molecule has 1 aromatic rings. The summed E-state index contributed by atoms with van der Waals surface area (Å²) in [6.45, 7) is 7.04. The predicted molar refractivity (Wildman–Crippen MR) is 96.6 cm³/mol. The van der Waals surface area contributed by atoms with Crippen LogP contribution in [-0.2, 0) is 0 Å². The Labute approximate surface area is 143 Å². The van der Waals surface area contributed by atoms with Gasteiger partial charge in [-0.15, -0.1) is 24.0 Å². The first-order chi connectivity index (χ1) is 9.27. The topological polar surface area (TPSA) is 45.7 Å². The molecule has 0 aliphatic carbocycles. The molecule has 1 rings (SSSR count). The number of nitrogens with one attached hydrogen (secondary N) is 2. The zero-order chi connectivity index (χ0) is 13.9. The molecular formula is C14H23ClIN3O. The van der Waals surface area contributed by atoms with Gasteiger partial charge in [-0.05, 0) is 25.5 Å². The number of rotatable bonds is 7. The lowest BCUT2D eigenvalue weighted by molar-refractivity contribution is 0.322. The van der Waals surface area contributed by atoms with Crippen molar-refractivity contribution in [2.75, 3.05) is 26.2 Å². The second-order valence-corrected chi connectivity index (χ2v) is 4.37. The minimum absolute atomic E-state index is 0. The van der Waals surface area contributed by atoms with Gasteiger partial charge in [-0.2, -0.15) is 0 Å². The molecule has 2 N–H and O–H groups in total. The largest absolute Gasteiger partial charge is 0.490 e. The summed E-state index contributed by atoms with van der Waals surface area (Å²) in [4.78, 5) is 4.41. The van der Waals surface area contributed by atoms with Crippen LogP contribution in [0.15, 0.2) is 29.3 Å². The zero-order valence-corrected chi connectivity index (χ0v) is 15.1. The molecule has 0 unspecified atom stereocenters. The number of aliphatic imine (C=N–C) groups is 1. The zero-order valence-electron chi connectivity index (χ0n) is 12.0. The van der Waals surface area contributed by atoms with Crippen molar-refractivity contribution in [2.45, 2.75) is 20.3 Å². The third-order valence-corrected chi connectivity index (χ3v) is 2.64. The van der Waals surface area contributed by atoms with Crippen LogP contribution in [0.3, 0.4) is 0 Å². The highest BCUT2D eigenvalue weighted by molar-refractivity contribution is 14.0. The summed E-state index contributed by atoms with van der Waals surface area (Å²) < 4.78 is 5.59. The minimum Gasteiger partial charge on any atom is -0.490 e. The third kappa shape index (κ3) is 7.79. The summed E-state index contributed by atoms with van der Waals surface area (Å²) in [6.07, 6.45) is 1.03. The molecule has 0 spiro atoms. The first-order valence-corrected chi connectivity index (χ1v) is 7.05. The van der Waals surface area contributed by atoms with Crippen molar-refractivity contribution in [3.63, 3.8) is 0 Å². The van der Waals surface area contributed by atoms with E-state index < -0.39 is 0 Å². The van der Waals surface area contributed by atoms with Crippen molar-refractivity contribution in [3.05, 3.63) is 29.3 Å². The summed E-state index contributed by atoms with van der Waals surface area (Å²) in [5, 5.41) is 7.03. The van der Waals surface area contributed by atoms with Gasteiger partial charge >= 0.3 is 0 Å². The molecule has 0 amide bonds. The van der Waals surface area contributed by atoms with Crippen LogP contribution in [0, 0.1) is 0 Å². The van der Waals surface area contributed by atoms with Crippen LogP contribution in [0.4, 0.5) is 0 Å². The fourth-order valence-electron chi connectivity index (χ4n) is 1.46. The number of hydrogen-bond acceptors (Lipinski definition) is 2. The van der Waals surface area contributed by atoms with Crippen LogP contribution in [-0.4, -0.2) is 32.2 Å². The average molecular weight is 412 g/mol. The predicted octanol–water partition coefficient (Wildman–Crippen LogP) is 3.30. The number of hydrogen-bond donors (Lipinski definition) is 2. The van der Waals surface area contributed by atoms with E-state index in [1.54, 1.807) is 0 Å². The second kappa shape index (κ2) is 12.1. The fraction of sp³-hybridized carbons (Fsp3) is 0.500. The SMILES string of the molecule is CCCN=C(NCC)NCCOc1ccccc1Cl.I. The van der Waals surface area contributed by atoms with E-state index in [1.165, 1.54) is 0 Å². The Hall–Kier alpha value is -0.690. The molecule has 0 aliphatic heterocycles. The van der Waals surface area contributed by atoms with E-state index in [0.29, 0.717) is 23.9 Å². The van der Waals surface area contributed by atoms with Gasteiger partial charge in [-0.1, -0.05) is 30.7 Å². The molecule has 0 saturated carbocycles. The molecule has 0 bridgehead atoms. The molecule has 0 aliphatic rings. The number of para-hydroxylation sites is 1. The number of halogens is 2. The van der Waals surface area contributed by atoms with Gasteiger partial charge in [0.1, 0.15) is 12.4 Å². The Balaban J connectivity index is 0.00000361. The van der Waals surface area contributed by atoms with Crippen LogP contribution in [0.1, 0.15) is 20.3 Å². The van der Waals surface area contributed by atoms with E-state index in [9.17, 15) is 0 Å². The molecule has 0 radical (unpaired) electrons. The molecule has 4 nitrogen and oxygen atoms in total. The highest BCUT2D eigenvalue weighted by atomic mass is 127. The summed E-state index contributed by atoms with van der Waals surface area (Å²) in [7, 11) is 0. The molecule has 114 valence electrons. The Morgan fingerprint density at radius 2 is 2.00 bits per heavy atom. The Morgan fingerprint density at radius 3 is 2.65 bits per heavy atom. The quantitative estimate of drug-likeness (QED) is 0.313. The lowest BCUT2D eigenvalue weighted by Crippen LogP contribution is -2.39. The summed E-state index contributed by atoms with van der Waals surface area (Å²) in [5.41, 5.74) is 0. The third-order valence-electron chi connectivity index (χ3n) is 2.33. The maximum absolute atomic E-state index is 6.00. The average Bonchev–Trinajstić information content (AvgIpc) is 2.42. The Morgan fingerprint density at radius 1 is 1.25 bits per heavy atom. The van der Waals surface area contributed by atoms with Gasteiger partial charge in [0, 0.05) is 13.1 Å². The molecule has 1 aromatic carbocycles. The molecule has 0 aromatic heterocycles. The first kappa shape index (κ1) is 19.3. The monoisotopic (exact) mass is 411 g/mol. The summed E-state index contributed by atoms with van der Waals surface area (Å²) >= 11 is 6.00. The summed E-state index contributed by atoms with van der Waals surface area (Å²) in [6, 6.07) is 7.46. The van der Waals surface area contributed by atoms with Gasteiger partial charge in [0.25, 0.3) is 0 Å². The van der Waals surface area contributed by atoms with Gasteiger partial charge in [-0.3, -0.25) is 4.99 Å². The van der Waals surface area contributed by atoms with E-state index in [-0.39, 0.29) is 24.0 Å². The molecule has 6 heteroatoms. The van der Waals surface area contributed by atoms with Crippen LogP contribution < -0.4 is 15.4 Å². The number of ether oxygens (including phenoxy) is 1. The molecule has 0 saturated heterocycles. The first-order valence-electron chi connectivity index (χ1n) is 6.67. The van der Waals surface area contributed by atoms with E-state index in [2.05, 4.69) is 22.5 Å². The lowest BCUT2D eigenvalue weighted by atomic mass is 10.3. The summed E-state index contributed by atoms with van der Waals surface area (Å²) in [5.74, 6) is 1.54. The van der Waals surface area contributed by atoms with Gasteiger partial charge in [-0.25, -0.2) is 0 Å². The lowest BCUT2D eigenvalue weighted by Gasteiger charge is -2.12. The van der Waals surface area contributed by atoms with Gasteiger partial charge in [0.2, 0.25) is 0 Å². The van der Waals surface area contributed by atoms with Gasteiger partial charge < -0.3 is 15.4 Å². The van der Waals surface area contributed by atoms with E-state index >= 15 is 0 Å². The van der Waals surface area contributed by atoms with Crippen molar-refractivity contribution in [2.24, 2.45) is 4.99 Å². The van der Waals surface area contributed by atoms with E-state index in [4.69, 9.17) is 16.3 Å². The van der Waals surface area contributed by atoms with Crippen LogP contribution in [0.25, 0.3) is 0 Å². The van der Waals surface area contributed by atoms with Crippen LogP contribution in [0.2, 0.25) is 5.02 Å². The molecule has 0 heterocycles. The molecular weight excluding hydrogens is 389 g/mol. The molecule has 0 fully saturated rings. The van der Waals surface area contributed by atoms with Crippen molar-refractivity contribution >= 4 is 41.5 Å². The van der Waals surface area contributed by atoms with Crippen molar-refractivity contribution in [1.82, 2.24) is 10.6 Å². The van der Waals surface area contributed by atoms with E-state index in [0.717, 1.165) is 25.5 Å². The minimum atomic E-state index is 0. The van der Waals surface area contributed by atoms with Gasteiger partial charge in [0.15, 0.2) is 5.96 Å². The maximum atomic E-state index is 6.00. The Kier molecular flexibility index (Phi) is 11.7. The van der Waals surface area contributed by atoms with Crippen LogP contribution >= 0.6 is 35.6 Å². The van der Waals surface area contributed by atoms with E-state index in [1.807, 2.05) is 31.2 Å². The van der Waals surface area contributed by atoms with Crippen molar-refractivity contribution < 1.29 is 4.74 Å². The number of guanidine groups is 1. The highest BCUT2D eigenvalue weighted by Crippen LogP contribution is 2.22. The normalized spacial score (nSPS) is 10.7. The van der Waals surface area contributed by atoms with Crippen molar-refractivity contribution in [1.29, 1.82) is 0 Å². The smallest absolute Gasteiger partial charge is 0.191 e. The Bertz CT molecular complexity index is 402. The fourth-order valence-corrected chi connectivity index (χ4v) is 1.65. The molecule has 20 heavy (non-hydrogen) atoms. The highest BCUT2D eigenvalue weighted by Gasteiger charge is 2.00. The second-order valence-electron chi connectivity index (χ2n) is 3.97. The number of nitrogens with zero attached hydrogens (tertiary/aromatic N) is 1. The molecule has 0 atom stereocenters. The standard InChI is InChI=1S/C14H22ClN3O.HI/c1-3-9-17-14(16-4-2)18-10-11-19-13-8-6-5-7-12(13)15;/h5-8H,3-4,9-11H2,1-2H3,(H2,16,17,18);1H. The van der Waals surface area contributed by atoms with Gasteiger partial charge in [0.05, 0.1) is 11.6 Å².